The van der Waals surface area contributed by atoms with Crippen LogP contribution in [0.3, 0.4) is 0 Å². The van der Waals surface area contributed by atoms with E-state index >= 15 is 0 Å². The van der Waals surface area contributed by atoms with Crippen LogP contribution in [0.2, 0.25) is 0 Å². The van der Waals surface area contributed by atoms with E-state index in [9.17, 15) is 0 Å². The SMILES string of the molecule is O=[Si]=O.[Ba+2].[O-2].[O-2].[O]=[Pb].[Zn+2]. The van der Waals surface area contributed by atoms with Gasteiger partial charge < -0.3 is 11.0 Å². The van der Waals surface area contributed by atoms with Gasteiger partial charge in [-0.2, -0.15) is 0 Å². The zero-order chi connectivity index (χ0) is 4.71. The van der Waals surface area contributed by atoms with Crippen LogP contribution in [0.5, 0.6) is 0 Å². The third kappa shape index (κ3) is 113. The van der Waals surface area contributed by atoms with Gasteiger partial charge in [-0.05, 0) is 0 Å². The smallest absolute Gasteiger partial charge is 2.00 e. The third-order valence-corrected chi connectivity index (χ3v) is 0. The van der Waals surface area contributed by atoms with E-state index in [0.717, 1.165) is 0 Å². The van der Waals surface area contributed by atoms with Gasteiger partial charge in [-0.15, -0.1) is 0 Å². The number of hydrogen-bond acceptors (Lipinski definition) is 3. The summed E-state index contributed by atoms with van der Waals surface area (Å²) in [7, 11) is -1.42. The van der Waals surface area contributed by atoms with E-state index in [4.69, 9.17) is 11.6 Å². The molecule has 0 heterocycles. The molecule has 0 rings (SSSR count). The molecule has 0 aromatic rings. The van der Waals surface area contributed by atoms with Crippen molar-refractivity contribution in [2.75, 3.05) is 0 Å². The Morgan fingerprint density at radius 3 is 1.00 bits per heavy atom. The summed E-state index contributed by atoms with van der Waals surface area (Å²) in [6.45, 7) is 0. The van der Waals surface area contributed by atoms with Gasteiger partial charge in [0.1, 0.15) is 0 Å². The van der Waals surface area contributed by atoms with E-state index in [2.05, 4.69) is 0 Å². The molecule has 0 spiro atoms. The first kappa shape index (κ1) is 41.4. The van der Waals surface area contributed by atoms with Gasteiger partial charge in [-0.1, -0.05) is 0 Å². The molecule has 0 unspecified atom stereocenters. The Hall–Kier alpha value is 2.65. The van der Waals surface area contributed by atoms with Crippen LogP contribution in [0.1, 0.15) is 0 Å². The Labute approximate surface area is 123 Å². The maximum absolute atomic E-state index is 8.40. The predicted octanol–water partition coefficient (Wildman–Crippen LogP) is -1.74. The van der Waals surface area contributed by atoms with Gasteiger partial charge in [0, 0.05) is 0 Å². The Kier molecular flexibility index (Phi) is 342. The molecule has 5 nitrogen and oxygen atoms in total. The maximum atomic E-state index is 8.40. The van der Waals surface area contributed by atoms with Crippen molar-refractivity contribution in [2.45, 2.75) is 0 Å². The molecular weight excluding hydrogens is 518 g/mol. The summed E-state index contributed by atoms with van der Waals surface area (Å²) in [6.07, 6.45) is 0. The van der Waals surface area contributed by atoms with Crippen LogP contribution in [0.25, 0.3) is 0 Å². The first-order chi connectivity index (χ1) is 2.41. The van der Waals surface area contributed by atoms with Crippen LogP contribution >= 0.6 is 0 Å². The van der Waals surface area contributed by atoms with Gasteiger partial charge in [-0.3, -0.25) is 8.92 Å². The van der Waals surface area contributed by atoms with Crippen LogP contribution in [0.15, 0.2) is 0 Å². The monoisotopic (exact) mass is 518 g/mol. The second-order valence-electron chi connectivity index (χ2n) is 0.0833. The Balaban J connectivity index is -0.00000000357. The molecule has 0 aliphatic rings. The molecule has 9 heavy (non-hydrogen) atoms. The van der Waals surface area contributed by atoms with E-state index in [1.54, 1.807) is 0 Å². The summed E-state index contributed by atoms with van der Waals surface area (Å²) in [5.41, 5.74) is 0. The Bertz CT molecular complexity index is 46.2. The fourth-order valence-corrected chi connectivity index (χ4v) is 0. The minimum atomic E-state index is -1.42. The van der Waals surface area contributed by atoms with Crippen molar-refractivity contribution < 1.29 is 42.0 Å². The predicted molar refractivity (Wildman–Crippen MR) is 20.7 cm³/mol. The zero-order valence-electron chi connectivity index (χ0n) is 4.46. The Morgan fingerprint density at radius 2 is 1.00 bits per heavy atom. The van der Waals surface area contributed by atoms with E-state index < -0.39 is 9.29 Å². The van der Waals surface area contributed by atoms with Crippen LogP contribution in [-0.2, 0) is 42.0 Å². The molecule has 0 aromatic carbocycles. The molecule has 0 aliphatic carbocycles. The van der Waals surface area contributed by atoms with Crippen molar-refractivity contribution in [1.82, 2.24) is 0 Å². The molecule has 0 amide bonds. The fraction of sp³-hybridized carbons (Fsp3) is 0. The van der Waals surface area contributed by atoms with Gasteiger partial charge in [0.15, 0.2) is 0 Å². The molecule has 0 saturated carbocycles. The molecule has 0 N–H and O–H groups in total. The molecule has 0 aromatic heterocycles. The summed E-state index contributed by atoms with van der Waals surface area (Å²) < 4.78 is 25.2. The molecule has 0 fully saturated rings. The topological polar surface area (TPSA) is 108 Å². The second kappa shape index (κ2) is 74.4. The van der Waals surface area contributed by atoms with Crippen LogP contribution in [0.4, 0.5) is 0 Å². The molecule has 42 valence electrons. The van der Waals surface area contributed by atoms with Crippen LogP contribution in [-0.4, -0.2) is 84.0 Å². The van der Waals surface area contributed by atoms with Gasteiger partial charge in [-0.25, -0.2) is 0 Å². The minimum absolute atomic E-state index is 0. The van der Waals surface area contributed by atoms with E-state index in [1.807, 2.05) is 0 Å². The van der Waals surface area contributed by atoms with Crippen molar-refractivity contribution in [1.29, 1.82) is 0 Å². The van der Waals surface area contributed by atoms with Crippen molar-refractivity contribution in [2.24, 2.45) is 0 Å². The molecule has 9 heteroatoms. The minimum Gasteiger partial charge on any atom is 2.00 e. The van der Waals surface area contributed by atoms with Crippen molar-refractivity contribution in [3.8, 4) is 0 Å². The number of hydrogen-bond donors (Lipinski definition) is 0. The molecule has 2 radical (unpaired) electrons. The summed E-state index contributed by atoms with van der Waals surface area (Å²) in [5.74, 6) is 0. The average Bonchev–Trinajstić information content (AvgIpc) is 1.46. The van der Waals surface area contributed by atoms with Crippen molar-refractivity contribution in [3.63, 3.8) is 0 Å². The molecular formula is BaO5PbSiZn. The van der Waals surface area contributed by atoms with Gasteiger partial charge in [0.25, 0.3) is 0 Å². The maximum Gasteiger partial charge on any atom is 2.00 e. The summed E-state index contributed by atoms with van der Waals surface area (Å²) in [6, 6.07) is 0. The zero-order valence-corrected chi connectivity index (χ0v) is 16.8. The summed E-state index contributed by atoms with van der Waals surface area (Å²) >= 11 is 0.0556. The van der Waals surface area contributed by atoms with E-state index in [-0.39, 0.29) is 105 Å². The quantitative estimate of drug-likeness (QED) is 0.356. The van der Waals surface area contributed by atoms with Crippen LogP contribution < -0.4 is 0 Å². The largest absolute Gasteiger partial charge is 2.00 e. The Morgan fingerprint density at radius 1 is 1.00 bits per heavy atom. The van der Waals surface area contributed by atoms with Gasteiger partial charge in [0.05, 0.1) is 0 Å². The molecule has 0 atom stereocenters. The van der Waals surface area contributed by atoms with Gasteiger partial charge >= 0.3 is 106 Å². The van der Waals surface area contributed by atoms with Crippen molar-refractivity contribution in [3.05, 3.63) is 0 Å². The summed E-state index contributed by atoms with van der Waals surface area (Å²) in [4.78, 5) is 0. The standard InChI is InChI=1S/Ba.O2Si.3O.Pb.Zn/c;1-3-2;;;;;/q+2;;;2*-2;;+2. The number of rotatable bonds is 0. The normalized spacial score (nSPS) is 1.33. The molecule has 0 saturated heterocycles. The second-order valence-corrected chi connectivity index (χ2v) is 0.250. The fourth-order valence-electron chi connectivity index (χ4n) is 0. The van der Waals surface area contributed by atoms with Crippen LogP contribution in [0, 0.1) is 0 Å². The van der Waals surface area contributed by atoms with Gasteiger partial charge in [0.2, 0.25) is 0 Å². The van der Waals surface area contributed by atoms with Crippen molar-refractivity contribution >= 4 is 84.0 Å². The third-order valence-electron chi connectivity index (χ3n) is 0. The van der Waals surface area contributed by atoms with E-state index in [1.165, 1.54) is 0 Å². The van der Waals surface area contributed by atoms with E-state index in [0.29, 0.717) is 0 Å². The first-order valence-electron chi connectivity index (χ1n) is 0.612. The average molecular weight is 518 g/mol. The molecule has 0 bridgehead atoms. The molecule has 0 aliphatic heterocycles. The summed E-state index contributed by atoms with van der Waals surface area (Å²) in [5, 5.41) is 0. The first-order valence-corrected chi connectivity index (χ1v) is 3.02.